The lowest BCUT2D eigenvalue weighted by Crippen LogP contribution is -2.35. The van der Waals surface area contributed by atoms with Gasteiger partial charge in [-0.15, -0.1) is 0 Å². The van der Waals surface area contributed by atoms with Crippen LogP contribution in [0.2, 0.25) is 5.02 Å². The highest BCUT2D eigenvalue weighted by Gasteiger charge is 2.39. The second-order valence-corrected chi connectivity index (χ2v) is 9.92. The van der Waals surface area contributed by atoms with Gasteiger partial charge in [0.1, 0.15) is 16.7 Å². The molecule has 0 heterocycles. The Morgan fingerprint density at radius 3 is 2.44 bits per heavy atom. The van der Waals surface area contributed by atoms with E-state index in [4.69, 9.17) is 11.6 Å². The van der Waals surface area contributed by atoms with Crippen LogP contribution < -0.4 is 0 Å². The van der Waals surface area contributed by atoms with Crippen molar-refractivity contribution in [2.75, 3.05) is 0 Å². The zero-order valence-corrected chi connectivity index (χ0v) is 17.3. The number of hydrogen-bond donors (Lipinski definition) is 0. The van der Waals surface area contributed by atoms with Crippen LogP contribution in [0.25, 0.3) is 0 Å². The summed E-state index contributed by atoms with van der Waals surface area (Å²) < 4.78 is 28.2. The zero-order valence-electron chi connectivity index (χ0n) is 16.6. The van der Waals surface area contributed by atoms with Crippen LogP contribution in [0.15, 0.2) is 6.07 Å². The van der Waals surface area contributed by atoms with Gasteiger partial charge >= 0.3 is 0 Å². The molecule has 0 aromatic heterocycles. The Bertz CT molecular complexity index is 671. The molecule has 3 aliphatic carbocycles. The summed E-state index contributed by atoms with van der Waals surface area (Å²) in [5.74, 6) is 3.05. The van der Waals surface area contributed by atoms with E-state index in [9.17, 15) is 8.78 Å². The first-order valence-corrected chi connectivity index (χ1v) is 11.6. The molecule has 3 aliphatic rings. The second kappa shape index (κ2) is 8.39. The molecule has 0 aliphatic heterocycles. The Labute approximate surface area is 168 Å². The van der Waals surface area contributed by atoms with E-state index in [0.717, 1.165) is 48.5 Å². The first-order chi connectivity index (χ1) is 13.1. The largest absolute Gasteiger partial charge is 0.205 e. The molecule has 0 saturated heterocycles. The average Bonchev–Trinajstić information content (AvgIpc) is 2.69. The number of fused-ring (bicyclic) bond motifs is 2. The van der Waals surface area contributed by atoms with Crippen molar-refractivity contribution in [3.8, 4) is 0 Å². The van der Waals surface area contributed by atoms with Crippen LogP contribution in [-0.2, 0) is 12.8 Å². The number of unbranched alkanes of at least 4 members (excludes halogenated alkanes) is 1. The lowest BCUT2D eigenvalue weighted by Gasteiger charge is -2.45. The van der Waals surface area contributed by atoms with E-state index in [2.05, 4.69) is 6.92 Å². The van der Waals surface area contributed by atoms with Crippen molar-refractivity contribution >= 4 is 11.6 Å². The van der Waals surface area contributed by atoms with E-state index in [1.807, 2.05) is 0 Å². The maximum Gasteiger partial charge on any atom is 0.148 e. The van der Waals surface area contributed by atoms with Crippen LogP contribution in [-0.4, -0.2) is 0 Å². The van der Waals surface area contributed by atoms with Crippen molar-refractivity contribution in [3.63, 3.8) is 0 Å². The predicted molar refractivity (Wildman–Crippen MR) is 108 cm³/mol. The Balaban J connectivity index is 1.38. The summed E-state index contributed by atoms with van der Waals surface area (Å²) in [7, 11) is 0. The molecule has 0 radical (unpaired) electrons. The van der Waals surface area contributed by atoms with Crippen LogP contribution >= 0.6 is 11.6 Å². The summed E-state index contributed by atoms with van der Waals surface area (Å²) in [6.45, 7) is 2.30. The number of benzene rings is 1. The summed E-state index contributed by atoms with van der Waals surface area (Å²) in [6.07, 6.45) is 15.1. The maximum atomic E-state index is 14.3. The second-order valence-electron chi connectivity index (χ2n) is 9.54. The molecule has 0 amide bonds. The van der Waals surface area contributed by atoms with E-state index in [0.29, 0.717) is 11.5 Å². The fourth-order valence-corrected chi connectivity index (χ4v) is 6.63. The highest BCUT2D eigenvalue weighted by atomic mass is 35.5. The van der Waals surface area contributed by atoms with Gasteiger partial charge in [0.2, 0.25) is 0 Å². The monoisotopic (exact) mass is 394 g/mol. The highest BCUT2D eigenvalue weighted by Crippen LogP contribution is 2.49. The Morgan fingerprint density at radius 2 is 1.67 bits per heavy atom. The fourth-order valence-electron chi connectivity index (χ4n) is 6.46. The van der Waals surface area contributed by atoms with Gasteiger partial charge in [-0.05, 0) is 98.1 Å². The Morgan fingerprint density at radius 1 is 0.963 bits per heavy atom. The van der Waals surface area contributed by atoms with Crippen LogP contribution in [0, 0.1) is 41.2 Å². The fraction of sp³-hybridized carbons (Fsp3) is 0.750. The molecule has 150 valence electrons. The summed E-state index contributed by atoms with van der Waals surface area (Å²) in [5, 5.41) is -0.326. The summed E-state index contributed by atoms with van der Waals surface area (Å²) >= 11 is 5.77. The molecule has 2 fully saturated rings. The minimum atomic E-state index is -0.595. The summed E-state index contributed by atoms with van der Waals surface area (Å²) in [6, 6.07) is 1.50. The highest BCUT2D eigenvalue weighted by molar-refractivity contribution is 6.31. The molecule has 1 aromatic carbocycles. The van der Waals surface area contributed by atoms with Gasteiger partial charge in [-0.1, -0.05) is 44.2 Å². The van der Waals surface area contributed by atoms with Crippen molar-refractivity contribution in [2.45, 2.75) is 84.0 Å². The van der Waals surface area contributed by atoms with Gasteiger partial charge < -0.3 is 0 Å². The van der Waals surface area contributed by atoms with Crippen molar-refractivity contribution in [3.05, 3.63) is 33.9 Å². The Kier molecular flexibility index (Phi) is 6.12. The van der Waals surface area contributed by atoms with Crippen molar-refractivity contribution in [1.29, 1.82) is 0 Å². The first-order valence-electron chi connectivity index (χ1n) is 11.2. The molecule has 2 saturated carbocycles. The van der Waals surface area contributed by atoms with E-state index in [1.165, 1.54) is 63.9 Å². The first kappa shape index (κ1) is 19.7. The van der Waals surface area contributed by atoms with Gasteiger partial charge in [-0.2, -0.15) is 0 Å². The molecular formula is C24H33ClF2. The van der Waals surface area contributed by atoms with Gasteiger partial charge in [-0.25, -0.2) is 8.78 Å². The average molecular weight is 395 g/mol. The molecule has 1 aromatic rings. The normalized spacial score (nSPS) is 33.4. The third kappa shape index (κ3) is 4.07. The lowest BCUT2D eigenvalue weighted by molar-refractivity contribution is 0.0689. The third-order valence-electron chi connectivity index (χ3n) is 8.00. The van der Waals surface area contributed by atoms with Gasteiger partial charge in [0, 0.05) is 0 Å². The van der Waals surface area contributed by atoms with Crippen LogP contribution in [0.1, 0.15) is 82.3 Å². The molecule has 3 heteroatoms. The van der Waals surface area contributed by atoms with Gasteiger partial charge in [0.15, 0.2) is 0 Å². The van der Waals surface area contributed by atoms with E-state index >= 15 is 0 Å². The SMILES string of the molecule is CCCCC1CCC2CC(C3CCc4c(cc(F)c(Cl)c4F)C3)CCC2C1. The minimum absolute atomic E-state index is 0.326. The van der Waals surface area contributed by atoms with Gasteiger partial charge in [0.05, 0.1) is 0 Å². The molecular weight excluding hydrogens is 362 g/mol. The Hall–Kier alpha value is -0.630. The molecule has 0 bridgehead atoms. The standard InChI is InChI=1S/C24H33ClF2/c1-2-3-4-15-5-6-17-12-18(8-7-16(17)11-15)19-9-10-21-20(13-19)14-22(26)23(25)24(21)27/h14-19H,2-13H2,1H3. The minimum Gasteiger partial charge on any atom is -0.205 e. The quantitative estimate of drug-likeness (QED) is 0.458. The molecule has 5 unspecified atom stereocenters. The van der Waals surface area contributed by atoms with Crippen molar-refractivity contribution in [1.82, 2.24) is 0 Å². The van der Waals surface area contributed by atoms with Crippen LogP contribution in [0.5, 0.6) is 0 Å². The molecule has 0 spiro atoms. The molecule has 0 N–H and O–H groups in total. The van der Waals surface area contributed by atoms with Gasteiger partial charge in [0.25, 0.3) is 0 Å². The van der Waals surface area contributed by atoms with Crippen molar-refractivity contribution < 1.29 is 8.78 Å². The predicted octanol–water partition coefficient (Wildman–Crippen LogP) is 7.75. The smallest absolute Gasteiger partial charge is 0.148 e. The lowest BCUT2D eigenvalue weighted by atomic mass is 9.61. The molecule has 27 heavy (non-hydrogen) atoms. The number of rotatable bonds is 4. The van der Waals surface area contributed by atoms with E-state index in [1.54, 1.807) is 0 Å². The topological polar surface area (TPSA) is 0 Å². The van der Waals surface area contributed by atoms with Crippen molar-refractivity contribution in [2.24, 2.45) is 29.6 Å². The van der Waals surface area contributed by atoms with E-state index in [-0.39, 0.29) is 5.02 Å². The van der Waals surface area contributed by atoms with Crippen LogP contribution in [0.3, 0.4) is 0 Å². The third-order valence-corrected chi connectivity index (χ3v) is 8.34. The number of halogens is 3. The summed E-state index contributed by atoms with van der Waals surface area (Å²) in [5.41, 5.74) is 1.54. The van der Waals surface area contributed by atoms with E-state index < -0.39 is 11.6 Å². The summed E-state index contributed by atoms with van der Waals surface area (Å²) in [4.78, 5) is 0. The maximum absolute atomic E-state index is 14.3. The molecule has 0 nitrogen and oxygen atoms in total. The number of hydrogen-bond acceptors (Lipinski definition) is 0. The van der Waals surface area contributed by atoms with Gasteiger partial charge in [-0.3, -0.25) is 0 Å². The van der Waals surface area contributed by atoms with Crippen LogP contribution in [0.4, 0.5) is 8.78 Å². The molecule has 5 atom stereocenters. The zero-order chi connectivity index (χ0) is 19.0. The molecule has 4 rings (SSSR count).